The summed E-state index contributed by atoms with van der Waals surface area (Å²) in [5, 5.41) is 3.34. The summed E-state index contributed by atoms with van der Waals surface area (Å²) in [5.74, 6) is 0.197. The largest absolute Gasteiger partial charge is 0.435 e. The van der Waals surface area contributed by atoms with Crippen molar-refractivity contribution in [2.75, 3.05) is 26.2 Å². The lowest BCUT2D eigenvalue weighted by Gasteiger charge is -2.35. The van der Waals surface area contributed by atoms with Crippen molar-refractivity contribution in [1.29, 1.82) is 0 Å². The fourth-order valence-corrected chi connectivity index (χ4v) is 2.65. The molecule has 0 unspecified atom stereocenters. The highest BCUT2D eigenvalue weighted by Crippen LogP contribution is 2.29. The van der Waals surface area contributed by atoms with Crippen molar-refractivity contribution in [3.8, 4) is 5.75 Å². The third kappa shape index (κ3) is 7.04. The topological polar surface area (TPSA) is 24.5 Å². The molecule has 7 heteroatoms. The number of hydrogen-bond donors (Lipinski definition) is 1. The van der Waals surface area contributed by atoms with Crippen LogP contribution in [0.3, 0.4) is 0 Å². The second-order valence-electron chi connectivity index (χ2n) is 5.41. The van der Waals surface area contributed by atoms with Crippen LogP contribution in [0.15, 0.2) is 36.4 Å². The maximum Gasteiger partial charge on any atom is 0.387 e. The summed E-state index contributed by atoms with van der Waals surface area (Å²) in [6.07, 6.45) is 0.870. The van der Waals surface area contributed by atoms with E-state index in [1.807, 2.05) is 19.1 Å². The second kappa shape index (κ2) is 10.8. The molecule has 1 fully saturated rings. The zero-order valence-electron chi connectivity index (χ0n) is 13.1. The lowest BCUT2D eigenvalue weighted by atomic mass is 9.98. The van der Waals surface area contributed by atoms with E-state index in [2.05, 4.69) is 21.5 Å². The van der Waals surface area contributed by atoms with E-state index < -0.39 is 6.61 Å². The van der Waals surface area contributed by atoms with Gasteiger partial charge in [-0.05, 0) is 31.0 Å². The van der Waals surface area contributed by atoms with Gasteiger partial charge in [0.1, 0.15) is 5.75 Å². The molecular formula is C16H24Cl2F2N2O. The molecule has 132 valence electrons. The van der Waals surface area contributed by atoms with Crippen LogP contribution in [0.2, 0.25) is 0 Å². The van der Waals surface area contributed by atoms with Crippen LogP contribution in [0.5, 0.6) is 5.75 Å². The zero-order chi connectivity index (χ0) is 15.2. The number of ether oxygens (including phenoxy) is 1. The molecule has 1 saturated heterocycles. The third-order valence-corrected chi connectivity index (χ3v) is 3.62. The Kier molecular flexibility index (Phi) is 10.4. The lowest BCUT2D eigenvalue weighted by molar-refractivity contribution is -0.0498. The second-order valence-corrected chi connectivity index (χ2v) is 5.41. The summed E-state index contributed by atoms with van der Waals surface area (Å²) in [4.78, 5) is 2.41. The number of piperazine rings is 1. The van der Waals surface area contributed by atoms with Gasteiger partial charge in [0.2, 0.25) is 0 Å². The molecular weight excluding hydrogens is 345 g/mol. The lowest BCUT2D eigenvalue weighted by Crippen LogP contribution is -2.45. The molecule has 0 saturated carbocycles. The van der Waals surface area contributed by atoms with Gasteiger partial charge >= 0.3 is 6.61 Å². The number of rotatable bonds is 6. The van der Waals surface area contributed by atoms with Crippen molar-refractivity contribution in [3.63, 3.8) is 0 Å². The summed E-state index contributed by atoms with van der Waals surface area (Å²) in [6.45, 7) is 7.14. The Labute approximate surface area is 148 Å². The maximum absolute atomic E-state index is 12.2. The first kappa shape index (κ1) is 22.1. The molecule has 1 atom stereocenters. The average molecular weight is 369 g/mol. The molecule has 0 aliphatic carbocycles. The number of nitrogens with one attached hydrogen (secondary N) is 1. The zero-order valence-corrected chi connectivity index (χ0v) is 14.8. The molecule has 3 nitrogen and oxygen atoms in total. The summed E-state index contributed by atoms with van der Waals surface area (Å²) < 4.78 is 28.8. The van der Waals surface area contributed by atoms with Gasteiger partial charge in [-0.3, -0.25) is 4.90 Å². The highest BCUT2D eigenvalue weighted by molar-refractivity contribution is 5.85. The molecule has 0 bridgehead atoms. The molecule has 1 aliphatic rings. The third-order valence-electron chi connectivity index (χ3n) is 3.62. The van der Waals surface area contributed by atoms with E-state index in [0.717, 1.165) is 43.7 Å². The van der Waals surface area contributed by atoms with Crippen molar-refractivity contribution >= 4 is 24.8 Å². The molecule has 2 rings (SSSR count). The summed E-state index contributed by atoms with van der Waals surface area (Å²) in [5.41, 5.74) is 2.23. The molecule has 1 aliphatic heterocycles. The highest BCUT2D eigenvalue weighted by atomic mass is 35.5. The number of nitrogens with zero attached hydrogens (tertiary/aromatic N) is 1. The molecule has 0 spiro atoms. The van der Waals surface area contributed by atoms with Gasteiger partial charge in [0, 0.05) is 32.2 Å². The molecule has 0 aromatic heterocycles. The number of halogens is 4. The van der Waals surface area contributed by atoms with Crippen molar-refractivity contribution in [2.45, 2.75) is 26.0 Å². The van der Waals surface area contributed by atoms with Gasteiger partial charge in [-0.1, -0.05) is 17.7 Å². The van der Waals surface area contributed by atoms with Crippen LogP contribution in [0.4, 0.5) is 8.78 Å². The standard InChI is InChI=1S/C16H22F2N2O.2ClH/c1-12(2)11-15(20-9-7-19-8-10-20)13-3-5-14(6-4-13)21-16(17)18;;/h3-6,15-16,19H,1,7-11H2,2H3;2*1H/t15-;;/m0../s1. The van der Waals surface area contributed by atoms with Gasteiger partial charge in [0.05, 0.1) is 0 Å². The molecule has 0 radical (unpaired) electrons. The fourth-order valence-electron chi connectivity index (χ4n) is 2.65. The predicted octanol–water partition coefficient (Wildman–Crippen LogP) is 4.04. The van der Waals surface area contributed by atoms with Crippen LogP contribution in [0.25, 0.3) is 0 Å². The normalized spacial score (nSPS) is 16.2. The highest BCUT2D eigenvalue weighted by Gasteiger charge is 2.22. The average Bonchev–Trinajstić information content (AvgIpc) is 2.46. The van der Waals surface area contributed by atoms with E-state index in [0.29, 0.717) is 0 Å². The predicted molar refractivity (Wildman–Crippen MR) is 94.2 cm³/mol. The minimum absolute atomic E-state index is 0. The minimum atomic E-state index is -2.78. The number of alkyl halides is 2. The van der Waals surface area contributed by atoms with Gasteiger partial charge in [0.15, 0.2) is 0 Å². The first-order valence-corrected chi connectivity index (χ1v) is 7.20. The summed E-state index contributed by atoms with van der Waals surface area (Å²) in [6, 6.07) is 7.19. The van der Waals surface area contributed by atoms with Crippen LogP contribution in [-0.2, 0) is 0 Å². The van der Waals surface area contributed by atoms with E-state index in [1.54, 1.807) is 12.1 Å². The Morgan fingerprint density at radius 2 is 1.78 bits per heavy atom. The van der Waals surface area contributed by atoms with Crippen LogP contribution >= 0.6 is 24.8 Å². The van der Waals surface area contributed by atoms with Crippen molar-refractivity contribution in [2.24, 2.45) is 0 Å². The van der Waals surface area contributed by atoms with E-state index in [-0.39, 0.29) is 36.6 Å². The summed E-state index contributed by atoms with van der Waals surface area (Å²) in [7, 11) is 0. The van der Waals surface area contributed by atoms with Gasteiger partial charge < -0.3 is 10.1 Å². The maximum atomic E-state index is 12.2. The Morgan fingerprint density at radius 1 is 1.22 bits per heavy atom. The van der Waals surface area contributed by atoms with Crippen LogP contribution in [-0.4, -0.2) is 37.7 Å². The van der Waals surface area contributed by atoms with Gasteiger partial charge in [-0.2, -0.15) is 8.78 Å². The Hall–Kier alpha value is -0.880. The molecule has 23 heavy (non-hydrogen) atoms. The van der Waals surface area contributed by atoms with E-state index >= 15 is 0 Å². The van der Waals surface area contributed by atoms with Gasteiger partial charge in [-0.25, -0.2) is 0 Å². The van der Waals surface area contributed by atoms with E-state index in [9.17, 15) is 8.78 Å². The van der Waals surface area contributed by atoms with Crippen molar-refractivity contribution in [3.05, 3.63) is 42.0 Å². The monoisotopic (exact) mass is 368 g/mol. The Balaban J connectivity index is 0.00000242. The van der Waals surface area contributed by atoms with Crippen molar-refractivity contribution < 1.29 is 13.5 Å². The molecule has 1 heterocycles. The minimum Gasteiger partial charge on any atom is -0.435 e. The van der Waals surface area contributed by atoms with E-state index in [1.165, 1.54) is 0 Å². The van der Waals surface area contributed by atoms with E-state index in [4.69, 9.17) is 0 Å². The number of benzene rings is 1. The van der Waals surface area contributed by atoms with Crippen LogP contribution in [0.1, 0.15) is 24.9 Å². The first-order chi connectivity index (χ1) is 10.1. The smallest absolute Gasteiger partial charge is 0.387 e. The van der Waals surface area contributed by atoms with Crippen molar-refractivity contribution in [1.82, 2.24) is 10.2 Å². The quantitative estimate of drug-likeness (QED) is 0.766. The fraction of sp³-hybridized carbons (Fsp3) is 0.500. The first-order valence-electron chi connectivity index (χ1n) is 7.20. The molecule has 1 aromatic carbocycles. The van der Waals surface area contributed by atoms with Gasteiger partial charge in [-0.15, -0.1) is 31.4 Å². The molecule has 1 N–H and O–H groups in total. The van der Waals surface area contributed by atoms with Gasteiger partial charge in [0.25, 0.3) is 0 Å². The molecule has 1 aromatic rings. The number of hydrogen-bond acceptors (Lipinski definition) is 3. The Bertz CT molecular complexity index is 466. The van der Waals surface area contributed by atoms with Crippen LogP contribution < -0.4 is 10.1 Å². The van der Waals surface area contributed by atoms with Crippen LogP contribution in [0, 0.1) is 0 Å². The molecule has 0 amide bonds. The SMILES string of the molecule is C=C(C)C[C@@H](c1ccc(OC(F)F)cc1)N1CCNCC1.Cl.Cl. The Morgan fingerprint density at radius 3 is 2.26 bits per heavy atom. The summed E-state index contributed by atoms with van der Waals surface area (Å²) >= 11 is 0.